The fourth-order valence-corrected chi connectivity index (χ4v) is 2.36. The molecule has 0 radical (unpaired) electrons. The summed E-state index contributed by atoms with van der Waals surface area (Å²) in [7, 11) is 0. The van der Waals surface area contributed by atoms with Gasteiger partial charge in [-0.25, -0.2) is 4.79 Å². The number of hydrogen-bond donors (Lipinski definition) is 1. The molecular weight excluding hydrogens is 365 g/mol. The van der Waals surface area contributed by atoms with Crippen LogP contribution in [-0.2, 0) is 4.84 Å². The molecule has 1 aromatic heterocycles. The van der Waals surface area contributed by atoms with Gasteiger partial charge in [-0.05, 0) is 26.0 Å². The molecular formula is C17H19Cl2N3O3. The highest BCUT2D eigenvalue weighted by Crippen LogP contribution is 2.39. The third-order valence-electron chi connectivity index (χ3n) is 3.64. The quantitative estimate of drug-likeness (QED) is 0.404. The van der Waals surface area contributed by atoms with E-state index in [4.69, 9.17) is 32.6 Å². The van der Waals surface area contributed by atoms with Crippen molar-refractivity contribution in [2.75, 3.05) is 5.32 Å². The molecule has 1 aromatic carbocycles. The summed E-state index contributed by atoms with van der Waals surface area (Å²) in [6, 6.07) is 5.06. The van der Waals surface area contributed by atoms with Gasteiger partial charge in [-0.1, -0.05) is 60.4 Å². The Hall–Kier alpha value is -2.05. The zero-order chi connectivity index (χ0) is 18.8. The number of aromatic nitrogens is 1. The summed E-state index contributed by atoms with van der Waals surface area (Å²) in [6.07, 6.45) is -0.765. The maximum atomic E-state index is 12.1. The summed E-state index contributed by atoms with van der Waals surface area (Å²) in [5.41, 5.74) is 1.58. The van der Waals surface area contributed by atoms with Crippen LogP contribution in [0.2, 0.25) is 10.0 Å². The number of carbonyl (C=O) groups is 1. The first kappa shape index (κ1) is 19.3. The van der Waals surface area contributed by atoms with Crippen molar-refractivity contribution in [2.45, 2.75) is 34.6 Å². The van der Waals surface area contributed by atoms with Gasteiger partial charge >= 0.3 is 6.09 Å². The van der Waals surface area contributed by atoms with Gasteiger partial charge in [0.1, 0.15) is 11.4 Å². The first-order chi connectivity index (χ1) is 11.6. The predicted octanol–water partition coefficient (Wildman–Crippen LogP) is 5.93. The number of benzene rings is 1. The Morgan fingerprint density at radius 1 is 1.28 bits per heavy atom. The fourth-order valence-electron chi connectivity index (χ4n) is 1.79. The number of nitrogens with one attached hydrogen (secondary N) is 1. The summed E-state index contributed by atoms with van der Waals surface area (Å²) in [5, 5.41) is 11.1. The first-order valence-electron chi connectivity index (χ1n) is 7.55. The Labute approximate surface area is 156 Å². The molecule has 0 aliphatic heterocycles. The third kappa shape index (κ3) is 4.52. The predicted molar refractivity (Wildman–Crippen MR) is 99.4 cm³/mol. The van der Waals surface area contributed by atoms with Crippen molar-refractivity contribution in [3.63, 3.8) is 0 Å². The second kappa shape index (κ2) is 7.45. The molecule has 1 heterocycles. The summed E-state index contributed by atoms with van der Waals surface area (Å²) in [4.78, 5) is 17.0. The van der Waals surface area contributed by atoms with Gasteiger partial charge in [0.25, 0.3) is 0 Å². The molecule has 0 saturated heterocycles. The minimum atomic E-state index is -0.765. The van der Waals surface area contributed by atoms with E-state index in [1.807, 2.05) is 20.8 Å². The number of halogens is 2. The van der Waals surface area contributed by atoms with E-state index in [9.17, 15) is 4.79 Å². The van der Waals surface area contributed by atoms with Gasteiger partial charge in [0.15, 0.2) is 5.76 Å². The van der Waals surface area contributed by atoms with Crippen LogP contribution in [0.25, 0.3) is 11.3 Å². The lowest BCUT2D eigenvalue weighted by atomic mass is 9.91. The van der Waals surface area contributed by atoms with Gasteiger partial charge < -0.3 is 4.52 Å². The number of aryl methyl sites for hydroxylation is 1. The molecule has 0 fully saturated rings. The fraction of sp³-hybridized carbons (Fsp3) is 0.353. The molecule has 134 valence electrons. The van der Waals surface area contributed by atoms with Crippen LogP contribution in [0.15, 0.2) is 27.9 Å². The van der Waals surface area contributed by atoms with E-state index in [2.05, 4.69) is 15.6 Å². The summed E-state index contributed by atoms with van der Waals surface area (Å²) < 4.78 is 5.17. The molecule has 6 nitrogen and oxygen atoms in total. The highest BCUT2D eigenvalue weighted by molar-refractivity contribution is 6.39. The van der Waals surface area contributed by atoms with E-state index >= 15 is 0 Å². The van der Waals surface area contributed by atoms with Gasteiger partial charge in [0, 0.05) is 11.0 Å². The number of nitrogens with zero attached hydrogens (tertiary/aromatic N) is 2. The van der Waals surface area contributed by atoms with Crippen molar-refractivity contribution >= 4 is 40.7 Å². The number of hydrogen-bond acceptors (Lipinski definition) is 5. The van der Waals surface area contributed by atoms with E-state index in [0.29, 0.717) is 38.5 Å². The molecule has 0 atom stereocenters. The highest BCUT2D eigenvalue weighted by Gasteiger charge is 2.22. The first-order valence-corrected chi connectivity index (χ1v) is 8.30. The van der Waals surface area contributed by atoms with E-state index in [1.54, 1.807) is 32.0 Å². The monoisotopic (exact) mass is 383 g/mol. The minimum absolute atomic E-state index is 0.205. The van der Waals surface area contributed by atoms with Crippen molar-refractivity contribution < 1.29 is 14.2 Å². The van der Waals surface area contributed by atoms with E-state index in [1.165, 1.54) is 0 Å². The minimum Gasteiger partial charge on any atom is -0.359 e. The Bertz CT molecular complexity index is 803. The topological polar surface area (TPSA) is 76.7 Å². The van der Waals surface area contributed by atoms with Crippen molar-refractivity contribution in [1.29, 1.82) is 0 Å². The van der Waals surface area contributed by atoms with Crippen LogP contribution in [0.1, 0.15) is 33.5 Å². The van der Waals surface area contributed by atoms with E-state index < -0.39 is 6.09 Å². The molecule has 0 bridgehead atoms. The standard InChI is InChI=1S/C17H19Cl2N3O3/c1-9-14(20-16(23)25-21-10(2)17(3,4)5)15(22-24-9)13-11(18)7-6-8-12(13)19/h6-8H,1-5H3,(H,20,23)/b21-10-. The maximum Gasteiger partial charge on any atom is 0.438 e. The smallest absolute Gasteiger partial charge is 0.359 e. The zero-order valence-corrected chi connectivity index (χ0v) is 16.1. The Morgan fingerprint density at radius 2 is 1.88 bits per heavy atom. The highest BCUT2D eigenvalue weighted by atomic mass is 35.5. The van der Waals surface area contributed by atoms with Gasteiger partial charge in [-0.2, -0.15) is 0 Å². The second-order valence-corrected chi connectivity index (χ2v) is 7.30. The second-order valence-electron chi connectivity index (χ2n) is 6.49. The number of carbonyl (C=O) groups excluding carboxylic acids is 1. The van der Waals surface area contributed by atoms with E-state index in [-0.39, 0.29) is 5.41 Å². The van der Waals surface area contributed by atoms with Gasteiger partial charge in [-0.3, -0.25) is 10.2 Å². The van der Waals surface area contributed by atoms with Gasteiger partial charge in [-0.15, -0.1) is 0 Å². The lowest BCUT2D eigenvalue weighted by Crippen LogP contribution is -2.19. The number of anilines is 1. The van der Waals surface area contributed by atoms with Crippen LogP contribution >= 0.6 is 23.2 Å². The lowest BCUT2D eigenvalue weighted by molar-refractivity contribution is 0.165. The number of amides is 1. The maximum absolute atomic E-state index is 12.1. The summed E-state index contributed by atoms with van der Waals surface area (Å²) >= 11 is 12.4. The van der Waals surface area contributed by atoms with Crippen LogP contribution in [0, 0.1) is 12.3 Å². The lowest BCUT2D eigenvalue weighted by Gasteiger charge is -2.16. The molecule has 1 amide bonds. The van der Waals surface area contributed by atoms with Crippen molar-refractivity contribution in [2.24, 2.45) is 10.6 Å². The molecule has 0 aliphatic rings. The molecule has 2 rings (SSSR count). The third-order valence-corrected chi connectivity index (χ3v) is 4.27. The molecule has 8 heteroatoms. The zero-order valence-electron chi connectivity index (χ0n) is 14.6. The molecule has 25 heavy (non-hydrogen) atoms. The average molecular weight is 384 g/mol. The molecule has 0 saturated carbocycles. The number of oxime groups is 1. The molecule has 0 aliphatic carbocycles. The Morgan fingerprint density at radius 3 is 2.44 bits per heavy atom. The van der Waals surface area contributed by atoms with Crippen molar-refractivity contribution in [3.05, 3.63) is 34.0 Å². The van der Waals surface area contributed by atoms with Crippen LogP contribution in [0.4, 0.5) is 10.5 Å². The average Bonchev–Trinajstić information content (AvgIpc) is 2.85. The van der Waals surface area contributed by atoms with Crippen LogP contribution in [-0.4, -0.2) is 17.0 Å². The van der Waals surface area contributed by atoms with Crippen molar-refractivity contribution in [1.82, 2.24) is 5.16 Å². The summed E-state index contributed by atoms with van der Waals surface area (Å²) in [6.45, 7) is 9.34. The molecule has 0 spiro atoms. The largest absolute Gasteiger partial charge is 0.438 e. The summed E-state index contributed by atoms with van der Waals surface area (Å²) in [5.74, 6) is 0.388. The molecule has 2 aromatic rings. The van der Waals surface area contributed by atoms with Crippen molar-refractivity contribution in [3.8, 4) is 11.3 Å². The van der Waals surface area contributed by atoms with Gasteiger partial charge in [0.05, 0.1) is 15.8 Å². The Kier molecular flexibility index (Phi) is 5.75. The number of rotatable bonds is 3. The SMILES string of the molecule is C/C(=N/OC(=O)Nc1c(-c2c(Cl)cccc2Cl)noc1C)C(C)(C)C. The molecule has 1 N–H and O–H groups in total. The molecule has 0 unspecified atom stereocenters. The van der Waals surface area contributed by atoms with Crippen LogP contribution < -0.4 is 5.32 Å². The normalized spacial score (nSPS) is 12.2. The van der Waals surface area contributed by atoms with Gasteiger partial charge in [0.2, 0.25) is 0 Å². The Balaban J connectivity index is 2.27. The van der Waals surface area contributed by atoms with Crippen LogP contribution in [0.5, 0.6) is 0 Å². The van der Waals surface area contributed by atoms with E-state index in [0.717, 1.165) is 0 Å². The van der Waals surface area contributed by atoms with Crippen LogP contribution in [0.3, 0.4) is 0 Å².